The molecular formula is C24H25F3N6O2S. The zero-order valence-electron chi connectivity index (χ0n) is 19.8. The molecular weight excluding hydrogens is 493 g/mol. The number of likely N-dealkylation sites (tertiary alicyclic amines) is 1. The molecule has 0 bridgehead atoms. The summed E-state index contributed by atoms with van der Waals surface area (Å²) < 4.78 is 44.6. The molecule has 1 aliphatic carbocycles. The summed E-state index contributed by atoms with van der Waals surface area (Å²) in [4.78, 5) is 18.7. The number of fused-ring (bicyclic) bond motifs is 1. The number of alkyl halides is 1. The zero-order valence-corrected chi connectivity index (χ0v) is 20.6. The van der Waals surface area contributed by atoms with Crippen molar-refractivity contribution < 1.29 is 23.1 Å². The van der Waals surface area contributed by atoms with Crippen molar-refractivity contribution in [3.63, 3.8) is 0 Å². The Labute approximate surface area is 209 Å². The van der Waals surface area contributed by atoms with Gasteiger partial charge in [-0.15, -0.1) is 21.5 Å². The third-order valence-electron chi connectivity index (χ3n) is 6.50. The average molecular weight is 519 g/mol. The molecule has 1 atom stereocenters. The Morgan fingerprint density at radius 2 is 1.97 bits per heavy atom. The third-order valence-corrected chi connectivity index (χ3v) is 7.74. The fraction of sp³-hybridized carbons (Fsp3) is 0.458. The molecule has 8 nitrogen and oxygen atoms in total. The van der Waals surface area contributed by atoms with E-state index in [1.165, 1.54) is 11.3 Å². The number of aromatic nitrogens is 5. The van der Waals surface area contributed by atoms with Crippen LogP contribution in [0.25, 0.3) is 21.8 Å². The number of carbonyl (C=O) groups is 1. The van der Waals surface area contributed by atoms with Gasteiger partial charge < -0.3 is 10.0 Å². The predicted molar refractivity (Wildman–Crippen MR) is 128 cm³/mol. The maximum atomic E-state index is 14.9. The Bertz CT molecular complexity index is 1370. The fourth-order valence-electron chi connectivity index (χ4n) is 4.50. The van der Waals surface area contributed by atoms with Crippen LogP contribution in [0.5, 0.6) is 0 Å². The normalized spacial score (nSPS) is 19.5. The number of aliphatic hydroxyl groups is 1. The number of nitrogens with zero attached hydrogens (tertiary/aromatic N) is 6. The van der Waals surface area contributed by atoms with E-state index in [2.05, 4.69) is 10.2 Å². The number of hydrogen-bond donors (Lipinski definition) is 1. The number of amides is 1. The van der Waals surface area contributed by atoms with Crippen molar-refractivity contribution in [3.05, 3.63) is 46.4 Å². The summed E-state index contributed by atoms with van der Waals surface area (Å²) in [6, 6.07) is 3.49. The number of piperidine rings is 1. The number of aliphatic hydroxyl groups excluding tert-OH is 1. The molecule has 1 saturated heterocycles. The van der Waals surface area contributed by atoms with Gasteiger partial charge in [-0.2, -0.15) is 9.61 Å². The molecule has 190 valence electrons. The Kier molecular flexibility index (Phi) is 6.64. The van der Waals surface area contributed by atoms with Crippen LogP contribution >= 0.6 is 11.3 Å². The second-order valence-electron chi connectivity index (χ2n) is 9.26. The first-order valence-corrected chi connectivity index (χ1v) is 12.6. The maximum absolute atomic E-state index is 14.9. The predicted octanol–water partition coefficient (Wildman–Crippen LogP) is 4.35. The summed E-state index contributed by atoms with van der Waals surface area (Å²) in [6.45, 7) is 4.33. The molecule has 36 heavy (non-hydrogen) atoms. The third kappa shape index (κ3) is 4.43. The van der Waals surface area contributed by atoms with Crippen LogP contribution in [0.3, 0.4) is 0 Å². The van der Waals surface area contributed by atoms with Gasteiger partial charge in [0.2, 0.25) is 5.91 Å². The van der Waals surface area contributed by atoms with Gasteiger partial charge in [0.25, 0.3) is 0 Å². The first kappa shape index (κ1) is 24.6. The smallest absolute Gasteiger partial charge is 0.248 e. The van der Waals surface area contributed by atoms with Crippen LogP contribution < -0.4 is 0 Å². The molecule has 3 aromatic rings. The summed E-state index contributed by atoms with van der Waals surface area (Å²) in [7, 11) is 0. The van der Waals surface area contributed by atoms with Crippen molar-refractivity contribution in [1.29, 1.82) is 0 Å². The van der Waals surface area contributed by atoms with Gasteiger partial charge in [0, 0.05) is 36.9 Å². The second-order valence-corrected chi connectivity index (χ2v) is 10.3. The quantitative estimate of drug-likeness (QED) is 0.540. The first-order chi connectivity index (χ1) is 17.3. The average Bonchev–Trinajstić information content (AvgIpc) is 3.50. The van der Waals surface area contributed by atoms with Crippen LogP contribution in [0.1, 0.15) is 61.5 Å². The van der Waals surface area contributed by atoms with Gasteiger partial charge in [0.1, 0.15) is 24.0 Å². The Morgan fingerprint density at radius 3 is 2.67 bits per heavy atom. The van der Waals surface area contributed by atoms with Crippen molar-refractivity contribution in [2.24, 2.45) is 0 Å². The fourth-order valence-corrected chi connectivity index (χ4v) is 5.71. The highest BCUT2D eigenvalue weighted by atomic mass is 32.1. The first-order valence-electron chi connectivity index (χ1n) is 11.8. The highest BCUT2D eigenvalue weighted by Gasteiger charge is 2.31. The van der Waals surface area contributed by atoms with E-state index >= 15 is 0 Å². The standard InChI is InChI=1S/C24H25F3N6O2S/c1-12(2)23-30-29-19-4-3-18(31-33(19)23)22-21(14-9-16(26)17(27)10-15(14)25)28-24(36-22)13-5-7-32(8-6-13)20(35)11-34/h3-4,9,12-13,17,34H,5-8,10-11H2,1-2H3. The number of halogens is 3. The van der Waals surface area contributed by atoms with E-state index in [0.29, 0.717) is 53.0 Å². The molecule has 2 aliphatic rings. The molecule has 1 fully saturated rings. The summed E-state index contributed by atoms with van der Waals surface area (Å²) in [5, 5.41) is 22.9. The van der Waals surface area contributed by atoms with Gasteiger partial charge in [0.05, 0.1) is 15.6 Å². The number of carbonyl (C=O) groups excluding carboxylic acids is 1. The molecule has 0 saturated carbocycles. The number of hydrogen-bond acceptors (Lipinski definition) is 7. The van der Waals surface area contributed by atoms with Gasteiger partial charge >= 0.3 is 0 Å². The van der Waals surface area contributed by atoms with E-state index in [-0.39, 0.29) is 29.0 Å². The van der Waals surface area contributed by atoms with Gasteiger partial charge in [-0.25, -0.2) is 18.2 Å². The van der Waals surface area contributed by atoms with Gasteiger partial charge in [0.15, 0.2) is 17.6 Å². The minimum Gasteiger partial charge on any atom is -0.387 e. The summed E-state index contributed by atoms with van der Waals surface area (Å²) in [6.07, 6.45) is -0.576. The zero-order chi connectivity index (χ0) is 25.6. The highest BCUT2D eigenvalue weighted by molar-refractivity contribution is 7.15. The van der Waals surface area contributed by atoms with Crippen LogP contribution in [0.15, 0.2) is 29.9 Å². The minimum atomic E-state index is -2.01. The largest absolute Gasteiger partial charge is 0.387 e. The number of thiazole rings is 1. The van der Waals surface area contributed by atoms with Gasteiger partial charge in [-0.05, 0) is 31.1 Å². The van der Waals surface area contributed by atoms with E-state index in [9.17, 15) is 18.0 Å². The molecule has 1 unspecified atom stereocenters. The van der Waals surface area contributed by atoms with E-state index in [1.54, 1.807) is 21.5 Å². The second kappa shape index (κ2) is 9.74. The van der Waals surface area contributed by atoms with Gasteiger partial charge in [-0.3, -0.25) is 4.79 Å². The minimum absolute atomic E-state index is 0.00916. The lowest BCUT2D eigenvalue weighted by atomic mass is 9.97. The van der Waals surface area contributed by atoms with Crippen molar-refractivity contribution in [2.75, 3.05) is 19.7 Å². The van der Waals surface area contributed by atoms with Crippen LogP contribution in [0.2, 0.25) is 0 Å². The molecule has 0 aromatic carbocycles. The monoisotopic (exact) mass is 518 g/mol. The number of allylic oxidation sites excluding steroid dienone is 4. The molecule has 1 amide bonds. The van der Waals surface area contributed by atoms with Crippen molar-refractivity contribution in [2.45, 2.75) is 51.1 Å². The summed E-state index contributed by atoms with van der Waals surface area (Å²) in [5.41, 5.74) is 1.19. The Hall–Kier alpha value is -3.12. The number of rotatable bonds is 5. The molecule has 1 N–H and O–H groups in total. The lowest BCUT2D eigenvalue weighted by Gasteiger charge is -2.30. The summed E-state index contributed by atoms with van der Waals surface area (Å²) in [5.74, 6) is -1.41. The molecule has 12 heteroatoms. The van der Waals surface area contributed by atoms with E-state index in [1.807, 2.05) is 13.8 Å². The maximum Gasteiger partial charge on any atom is 0.248 e. The molecule has 1 aliphatic heterocycles. The Morgan fingerprint density at radius 1 is 1.22 bits per heavy atom. The van der Waals surface area contributed by atoms with E-state index in [4.69, 9.17) is 15.2 Å². The summed E-state index contributed by atoms with van der Waals surface area (Å²) >= 11 is 1.33. The van der Waals surface area contributed by atoms with E-state index in [0.717, 1.165) is 6.08 Å². The van der Waals surface area contributed by atoms with Crippen molar-refractivity contribution in [1.82, 2.24) is 29.7 Å². The lowest BCUT2D eigenvalue weighted by molar-refractivity contribution is -0.135. The van der Waals surface area contributed by atoms with Crippen LogP contribution in [-0.4, -0.2) is 66.6 Å². The van der Waals surface area contributed by atoms with Gasteiger partial charge in [-0.1, -0.05) is 13.8 Å². The molecule has 5 rings (SSSR count). The molecule has 0 spiro atoms. The highest BCUT2D eigenvalue weighted by Crippen LogP contribution is 2.43. The molecule has 3 aromatic heterocycles. The topological polar surface area (TPSA) is 96.5 Å². The molecule has 0 radical (unpaired) electrons. The molecule has 4 heterocycles. The van der Waals surface area contributed by atoms with Crippen molar-refractivity contribution >= 4 is 28.5 Å². The van der Waals surface area contributed by atoms with Crippen LogP contribution in [0, 0.1) is 0 Å². The van der Waals surface area contributed by atoms with Crippen molar-refractivity contribution in [3.8, 4) is 10.6 Å². The lowest BCUT2D eigenvalue weighted by Crippen LogP contribution is -2.39. The van der Waals surface area contributed by atoms with Crippen LogP contribution in [-0.2, 0) is 4.79 Å². The van der Waals surface area contributed by atoms with E-state index < -0.39 is 30.9 Å². The Balaban J connectivity index is 1.58. The van der Waals surface area contributed by atoms with Crippen LogP contribution in [0.4, 0.5) is 13.2 Å². The SMILES string of the molecule is CC(C)c1nnc2ccc(-c3sc(C4CCN(C(=O)CO)CC4)nc3C3=C(F)CC(F)C(F)=C3)nn12.